The Morgan fingerprint density at radius 3 is 2.24 bits per heavy atom. The summed E-state index contributed by atoms with van der Waals surface area (Å²) >= 11 is 0. The Hall–Kier alpha value is -3.02. The molecule has 0 aliphatic carbocycles. The Balaban J connectivity index is 1.48. The van der Waals surface area contributed by atoms with E-state index in [1.165, 1.54) is 5.69 Å². The minimum absolute atomic E-state index is 0.0350. The predicted octanol–water partition coefficient (Wildman–Crippen LogP) is 3.43. The summed E-state index contributed by atoms with van der Waals surface area (Å²) in [6.07, 6.45) is 2.84. The lowest BCUT2D eigenvalue weighted by molar-refractivity contribution is -0.137. The molecule has 1 atom stereocenters. The van der Waals surface area contributed by atoms with Crippen molar-refractivity contribution in [1.29, 1.82) is 0 Å². The van der Waals surface area contributed by atoms with E-state index in [0.717, 1.165) is 31.5 Å². The van der Waals surface area contributed by atoms with Crippen LogP contribution in [0, 0.1) is 0 Å². The molecule has 1 aliphatic heterocycles. The van der Waals surface area contributed by atoms with Crippen molar-refractivity contribution in [2.75, 3.05) is 18.0 Å². The molecule has 2 amide bonds. The van der Waals surface area contributed by atoms with Crippen LogP contribution in [0.1, 0.15) is 31.2 Å². The number of carbonyl (C=O) groups excluding carboxylic acids is 1. The van der Waals surface area contributed by atoms with Crippen LogP contribution in [0.2, 0.25) is 0 Å². The van der Waals surface area contributed by atoms with Gasteiger partial charge in [0.25, 0.3) is 0 Å². The Bertz CT molecular complexity index is 774. The van der Waals surface area contributed by atoms with Gasteiger partial charge >= 0.3 is 12.0 Å². The maximum absolute atomic E-state index is 12.5. The molecule has 3 rings (SSSR count). The minimum Gasteiger partial charge on any atom is -0.481 e. The summed E-state index contributed by atoms with van der Waals surface area (Å²) in [4.78, 5) is 25.8. The molecule has 6 heteroatoms. The van der Waals surface area contributed by atoms with E-state index in [0.29, 0.717) is 12.8 Å². The maximum atomic E-state index is 12.5. The number of para-hydroxylation sites is 1. The van der Waals surface area contributed by atoms with Crippen molar-refractivity contribution in [2.45, 2.75) is 44.2 Å². The number of urea groups is 1. The van der Waals surface area contributed by atoms with Crippen LogP contribution >= 0.6 is 0 Å². The van der Waals surface area contributed by atoms with Gasteiger partial charge < -0.3 is 20.6 Å². The van der Waals surface area contributed by atoms with E-state index in [9.17, 15) is 9.59 Å². The number of benzene rings is 2. The van der Waals surface area contributed by atoms with Crippen molar-refractivity contribution in [3.8, 4) is 0 Å². The van der Waals surface area contributed by atoms with Crippen LogP contribution in [0.15, 0.2) is 60.7 Å². The van der Waals surface area contributed by atoms with Gasteiger partial charge in [-0.05, 0) is 43.4 Å². The van der Waals surface area contributed by atoms with Gasteiger partial charge in [0.2, 0.25) is 0 Å². The molecule has 2 aromatic rings. The molecular formula is C23H29N3O3. The Kier molecular flexibility index (Phi) is 7.50. The summed E-state index contributed by atoms with van der Waals surface area (Å²) in [7, 11) is 0. The number of anilines is 1. The highest BCUT2D eigenvalue weighted by Gasteiger charge is 2.22. The number of rotatable bonds is 8. The molecule has 29 heavy (non-hydrogen) atoms. The lowest BCUT2D eigenvalue weighted by atomic mass is 10.0. The average molecular weight is 396 g/mol. The van der Waals surface area contributed by atoms with Crippen LogP contribution in [0.5, 0.6) is 0 Å². The Morgan fingerprint density at radius 1 is 1.00 bits per heavy atom. The van der Waals surface area contributed by atoms with Crippen LogP contribution in [0.4, 0.5) is 10.5 Å². The molecular weight excluding hydrogens is 366 g/mol. The molecule has 3 N–H and O–H groups in total. The first-order chi connectivity index (χ1) is 14.1. The third kappa shape index (κ3) is 6.82. The first-order valence-electron chi connectivity index (χ1n) is 10.2. The van der Waals surface area contributed by atoms with Gasteiger partial charge in [0, 0.05) is 37.3 Å². The maximum Gasteiger partial charge on any atom is 0.315 e. The van der Waals surface area contributed by atoms with Crippen molar-refractivity contribution in [2.24, 2.45) is 0 Å². The second kappa shape index (κ2) is 10.5. The number of hydrogen-bond donors (Lipinski definition) is 3. The summed E-state index contributed by atoms with van der Waals surface area (Å²) in [5, 5.41) is 15.1. The SMILES string of the molecule is O=C(O)CCC(Cc1ccccc1)NC(=O)NC1CCN(c2ccccc2)CC1. The van der Waals surface area contributed by atoms with Crippen molar-refractivity contribution >= 4 is 17.7 Å². The van der Waals surface area contributed by atoms with Gasteiger partial charge in [0.05, 0.1) is 0 Å². The molecule has 0 aromatic heterocycles. The van der Waals surface area contributed by atoms with Gasteiger partial charge in [0.15, 0.2) is 0 Å². The average Bonchev–Trinajstić information content (AvgIpc) is 2.74. The van der Waals surface area contributed by atoms with Crippen molar-refractivity contribution < 1.29 is 14.7 Å². The Morgan fingerprint density at radius 2 is 1.62 bits per heavy atom. The van der Waals surface area contributed by atoms with Crippen LogP contribution in [0.3, 0.4) is 0 Å². The summed E-state index contributed by atoms with van der Waals surface area (Å²) in [5.74, 6) is -0.849. The monoisotopic (exact) mass is 395 g/mol. The highest BCUT2D eigenvalue weighted by Crippen LogP contribution is 2.19. The normalized spacial score (nSPS) is 15.5. The van der Waals surface area contributed by atoms with Crippen LogP contribution in [0.25, 0.3) is 0 Å². The highest BCUT2D eigenvalue weighted by atomic mass is 16.4. The molecule has 1 heterocycles. The molecule has 0 spiro atoms. The fourth-order valence-electron chi connectivity index (χ4n) is 3.75. The van der Waals surface area contributed by atoms with E-state index in [1.54, 1.807) is 0 Å². The lowest BCUT2D eigenvalue weighted by Gasteiger charge is -2.34. The number of carboxylic acid groups (broad SMARTS) is 1. The zero-order valence-electron chi connectivity index (χ0n) is 16.6. The topological polar surface area (TPSA) is 81.7 Å². The second-order valence-corrected chi connectivity index (χ2v) is 7.53. The predicted molar refractivity (Wildman–Crippen MR) is 114 cm³/mol. The van der Waals surface area contributed by atoms with Gasteiger partial charge in [-0.2, -0.15) is 0 Å². The summed E-state index contributed by atoms with van der Waals surface area (Å²) in [6, 6.07) is 19.8. The van der Waals surface area contributed by atoms with Crippen LogP contribution in [-0.2, 0) is 11.2 Å². The molecule has 6 nitrogen and oxygen atoms in total. The van der Waals surface area contributed by atoms with E-state index in [4.69, 9.17) is 5.11 Å². The van der Waals surface area contributed by atoms with E-state index < -0.39 is 5.97 Å². The fraction of sp³-hybridized carbons (Fsp3) is 0.391. The molecule has 1 unspecified atom stereocenters. The molecule has 1 saturated heterocycles. The first kappa shape index (κ1) is 20.7. The van der Waals surface area contributed by atoms with Gasteiger partial charge in [-0.1, -0.05) is 48.5 Å². The standard InChI is InChI=1S/C23H29N3O3/c27-22(28)12-11-20(17-18-7-3-1-4-8-18)25-23(29)24-19-13-15-26(16-14-19)21-9-5-2-6-10-21/h1-10,19-20H,11-17H2,(H,27,28)(H2,24,25,29). The quantitative estimate of drug-likeness (QED) is 0.640. The van der Waals surface area contributed by atoms with E-state index >= 15 is 0 Å². The zero-order valence-corrected chi connectivity index (χ0v) is 16.6. The lowest BCUT2D eigenvalue weighted by Crippen LogP contribution is -2.50. The van der Waals surface area contributed by atoms with E-state index in [2.05, 4.69) is 27.7 Å². The summed E-state index contributed by atoms with van der Waals surface area (Å²) < 4.78 is 0. The minimum atomic E-state index is -0.849. The third-order valence-corrected chi connectivity index (χ3v) is 5.32. The first-order valence-corrected chi connectivity index (χ1v) is 10.2. The molecule has 1 aliphatic rings. The number of amides is 2. The number of hydrogen-bond acceptors (Lipinski definition) is 3. The van der Waals surface area contributed by atoms with Crippen molar-refractivity contribution in [1.82, 2.24) is 10.6 Å². The third-order valence-electron chi connectivity index (χ3n) is 5.32. The molecule has 0 saturated carbocycles. The Labute approximate surface area is 171 Å². The van der Waals surface area contributed by atoms with Crippen molar-refractivity contribution in [3.63, 3.8) is 0 Å². The van der Waals surface area contributed by atoms with Gasteiger partial charge in [-0.3, -0.25) is 4.79 Å². The summed E-state index contributed by atoms with van der Waals surface area (Å²) in [5.41, 5.74) is 2.30. The van der Waals surface area contributed by atoms with Gasteiger partial charge in [0.1, 0.15) is 0 Å². The molecule has 2 aromatic carbocycles. The number of aliphatic carboxylic acids is 1. The van der Waals surface area contributed by atoms with Crippen LogP contribution < -0.4 is 15.5 Å². The fourth-order valence-corrected chi connectivity index (χ4v) is 3.75. The van der Waals surface area contributed by atoms with Gasteiger partial charge in [-0.15, -0.1) is 0 Å². The molecule has 0 bridgehead atoms. The number of piperidine rings is 1. The highest BCUT2D eigenvalue weighted by molar-refractivity contribution is 5.75. The molecule has 0 radical (unpaired) electrons. The number of carbonyl (C=O) groups is 2. The largest absolute Gasteiger partial charge is 0.481 e. The molecule has 1 fully saturated rings. The number of carboxylic acids is 1. The van der Waals surface area contributed by atoms with Crippen LogP contribution in [-0.4, -0.2) is 42.3 Å². The van der Waals surface area contributed by atoms with E-state index in [1.807, 2.05) is 48.5 Å². The second-order valence-electron chi connectivity index (χ2n) is 7.53. The van der Waals surface area contributed by atoms with E-state index in [-0.39, 0.29) is 24.5 Å². The smallest absolute Gasteiger partial charge is 0.315 e. The van der Waals surface area contributed by atoms with Gasteiger partial charge in [-0.25, -0.2) is 4.79 Å². The molecule has 154 valence electrons. The summed E-state index contributed by atoms with van der Waals surface area (Å²) in [6.45, 7) is 1.81. The number of nitrogens with zero attached hydrogens (tertiary/aromatic N) is 1. The zero-order chi connectivity index (χ0) is 20.5. The number of nitrogens with one attached hydrogen (secondary N) is 2. The van der Waals surface area contributed by atoms with Crippen molar-refractivity contribution in [3.05, 3.63) is 66.2 Å².